The summed E-state index contributed by atoms with van der Waals surface area (Å²) in [7, 11) is 3.82. The van der Waals surface area contributed by atoms with Crippen molar-refractivity contribution in [1.29, 1.82) is 0 Å². The molecule has 0 spiro atoms. The molecular weight excluding hydrogens is 286 g/mol. The van der Waals surface area contributed by atoms with Crippen LogP contribution in [0.4, 0.5) is 0 Å². The number of hydrogen-bond acceptors (Lipinski definition) is 3. The molecule has 2 aromatic heterocycles. The second-order valence-corrected chi connectivity index (χ2v) is 5.76. The van der Waals surface area contributed by atoms with Gasteiger partial charge in [0, 0.05) is 50.2 Å². The zero-order valence-corrected chi connectivity index (χ0v) is 13.3. The third kappa shape index (κ3) is 3.48. The Labute approximate surface area is 135 Å². The van der Waals surface area contributed by atoms with Crippen LogP contribution in [0, 0.1) is 0 Å². The quantitative estimate of drug-likeness (QED) is 0.537. The van der Waals surface area contributed by atoms with E-state index in [1.165, 1.54) is 0 Å². The molecule has 4 heteroatoms. The molecular formula is C19H19N3O. The summed E-state index contributed by atoms with van der Waals surface area (Å²) in [5.74, 6) is 0. The Morgan fingerprint density at radius 2 is 1.91 bits per heavy atom. The molecule has 3 rings (SSSR count). The molecule has 0 amide bonds. The van der Waals surface area contributed by atoms with Crippen LogP contribution in [-0.4, -0.2) is 34.7 Å². The van der Waals surface area contributed by atoms with Gasteiger partial charge < -0.3 is 9.30 Å². The molecule has 0 aliphatic carbocycles. The van der Waals surface area contributed by atoms with Crippen molar-refractivity contribution in [3.8, 4) is 11.3 Å². The van der Waals surface area contributed by atoms with Crippen LogP contribution in [-0.2, 0) is 11.2 Å². The molecule has 0 aliphatic rings. The fourth-order valence-corrected chi connectivity index (χ4v) is 2.58. The molecule has 23 heavy (non-hydrogen) atoms. The van der Waals surface area contributed by atoms with Crippen molar-refractivity contribution in [3.63, 3.8) is 0 Å². The maximum absolute atomic E-state index is 11.2. The SMILES string of the molecule is CN(C)/C=C(\C=O)Cc1ccc2nc(-c3ccccc3)cn2c1. The molecule has 2 heterocycles. The van der Waals surface area contributed by atoms with Crippen LogP contribution in [0.25, 0.3) is 16.9 Å². The minimum atomic E-state index is 0.608. The standard InChI is InChI=1S/C19H19N3O/c1-21(2)11-16(14-23)10-15-8-9-19-20-18(13-22(19)12-15)17-6-4-3-5-7-17/h3-9,11-14H,10H2,1-2H3/b16-11-. The van der Waals surface area contributed by atoms with Crippen LogP contribution >= 0.6 is 0 Å². The lowest BCUT2D eigenvalue weighted by atomic mass is 10.1. The number of benzene rings is 1. The molecule has 1 aromatic carbocycles. The predicted molar refractivity (Wildman–Crippen MR) is 92.2 cm³/mol. The molecule has 0 N–H and O–H groups in total. The predicted octanol–water partition coefficient (Wildman–Crippen LogP) is 3.19. The first-order valence-corrected chi connectivity index (χ1v) is 7.51. The minimum Gasteiger partial charge on any atom is -0.383 e. The number of pyridine rings is 1. The minimum absolute atomic E-state index is 0.608. The van der Waals surface area contributed by atoms with E-state index in [-0.39, 0.29) is 0 Å². The van der Waals surface area contributed by atoms with E-state index in [0.29, 0.717) is 6.42 Å². The maximum atomic E-state index is 11.2. The van der Waals surface area contributed by atoms with Gasteiger partial charge in [0.1, 0.15) is 11.9 Å². The summed E-state index contributed by atoms with van der Waals surface area (Å²) in [5, 5.41) is 0. The largest absolute Gasteiger partial charge is 0.383 e. The van der Waals surface area contributed by atoms with E-state index in [2.05, 4.69) is 4.98 Å². The number of carbonyl (C=O) groups is 1. The van der Waals surface area contributed by atoms with Crippen LogP contribution < -0.4 is 0 Å². The Morgan fingerprint density at radius 1 is 1.13 bits per heavy atom. The van der Waals surface area contributed by atoms with E-state index < -0.39 is 0 Å². The van der Waals surface area contributed by atoms with Crippen molar-refractivity contribution in [2.45, 2.75) is 6.42 Å². The number of imidazole rings is 1. The number of allylic oxidation sites excluding steroid dienone is 1. The lowest BCUT2D eigenvalue weighted by Gasteiger charge is -2.07. The van der Waals surface area contributed by atoms with Gasteiger partial charge in [-0.3, -0.25) is 4.79 Å². The lowest BCUT2D eigenvalue weighted by molar-refractivity contribution is -0.105. The Morgan fingerprint density at radius 3 is 2.61 bits per heavy atom. The van der Waals surface area contributed by atoms with E-state index in [1.54, 1.807) is 0 Å². The smallest absolute Gasteiger partial charge is 0.147 e. The highest BCUT2D eigenvalue weighted by Crippen LogP contribution is 2.19. The zero-order chi connectivity index (χ0) is 16.2. The van der Waals surface area contributed by atoms with Crippen LogP contribution in [0.15, 0.2) is 66.6 Å². The van der Waals surface area contributed by atoms with Crippen LogP contribution in [0.2, 0.25) is 0 Å². The van der Waals surface area contributed by atoms with Gasteiger partial charge in [-0.05, 0) is 11.6 Å². The first-order chi connectivity index (χ1) is 11.2. The summed E-state index contributed by atoms with van der Waals surface area (Å²) < 4.78 is 2.01. The van der Waals surface area contributed by atoms with Gasteiger partial charge in [0.15, 0.2) is 0 Å². The summed E-state index contributed by atoms with van der Waals surface area (Å²) in [6.45, 7) is 0. The van der Waals surface area contributed by atoms with Gasteiger partial charge >= 0.3 is 0 Å². The van der Waals surface area contributed by atoms with Gasteiger partial charge in [-0.2, -0.15) is 0 Å². The fraction of sp³-hybridized carbons (Fsp3) is 0.158. The van der Waals surface area contributed by atoms with Crippen LogP contribution in [0.1, 0.15) is 5.56 Å². The highest BCUT2D eigenvalue weighted by Gasteiger charge is 2.06. The number of hydrogen-bond donors (Lipinski definition) is 0. The van der Waals surface area contributed by atoms with Crippen molar-refractivity contribution in [1.82, 2.24) is 14.3 Å². The van der Waals surface area contributed by atoms with Crippen molar-refractivity contribution in [2.75, 3.05) is 14.1 Å². The molecule has 0 aliphatic heterocycles. The molecule has 3 aromatic rings. The number of aldehydes is 1. The second kappa shape index (κ2) is 6.48. The average molecular weight is 305 g/mol. The fourth-order valence-electron chi connectivity index (χ4n) is 2.58. The van der Waals surface area contributed by atoms with E-state index in [9.17, 15) is 4.79 Å². The van der Waals surface area contributed by atoms with Crippen molar-refractivity contribution < 1.29 is 4.79 Å². The first kappa shape index (κ1) is 15.0. The number of aromatic nitrogens is 2. The van der Waals surface area contributed by atoms with Crippen LogP contribution in [0.5, 0.6) is 0 Å². The van der Waals surface area contributed by atoms with Crippen LogP contribution in [0.3, 0.4) is 0 Å². The molecule has 0 unspecified atom stereocenters. The first-order valence-electron chi connectivity index (χ1n) is 7.51. The van der Waals surface area contributed by atoms with Gasteiger partial charge in [0.2, 0.25) is 0 Å². The van der Waals surface area contributed by atoms with Gasteiger partial charge in [0.05, 0.1) is 5.69 Å². The third-order valence-corrected chi connectivity index (χ3v) is 3.57. The molecule has 0 fully saturated rings. The molecule has 4 nitrogen and oxygen atoms in total. The third-order valence-electron chi connectivity index (χ3n) is 3.57. The average Bonchev–Trinajstić information content (AvgIpc) is 2.98. The van der Waals surface area contributed by atoms with E-state index >= 15 is 0 Å². The van der Waals surface area contributed by atoms with Gasteiger partial charge in [-0.15, -0.1) is 0 Å². The Bertz CT molecular complexity index is 847. The van der Waals surface area contributed by atoms with E-state index in [4.69, 9.17) is 0 Å². The monoisotopic (exact) mass is 305 g/mol. The summed E-state index contributed by atoms with van der Waals surface area (Å²) >= 11 is 0. The molecule has 116 valence electrons. The molecule has 0 bridgehead atoms. The number of nitrogens with zero attached hydrogens (tertiary/aromatic N) is 3. The lowest BCUT2D eigenvalue weighted by Crippen LogP contribution is -2.05. The second-order valence-electron chi connectivity index (χ2n) is 5.76. The summed E-state index contributed by atoms with van der Waals surface area (Å²) in [6, 6.07) is 14.1. The molecule has 0 saturated heterocycles. The summed E-state index contributed by atoms with van der Waals surface area (Å²) in [5.41, 5.74) is 4.77. The number of carbonyl (C=O) groups excluding carboxylic acids is 1. The van der Waals surface area contributed by atoms with E-state index in [1.807, 2.05) is 84.5 Å². The maximum Gasteiger partial charge on any atom is 0.147 e. The highest BCUT2D eigenvalue weighted by molar-refractivity contribution is 5.74. The Hall–Kier alpha value is -2.88. The topological polar surface area (TPSA) is 37.6 Å². The number of fused-ring (bicyclic) bond motifs is 1. The van der Waals surface area contributed by atoms with E-state index in [0.717, 1.165) is 34.3 Å². The number of rotatable bonds is 5. The molecule has 0 atom stereocenters. The zero-order valence-electron chi connectivity index (χ0n) is 13.3. The summed E-state index contributed by atoms with van der Waals surface area (Å²) in [4.78, 5) is 17.7. The Kier molecular flexibility index (Phi) is 4.24. The summed E-state index contributed by atoms with van der Waals surface area (Å²) in [6.07, 6.45) is 7.41. The molecule has 0 saturated carbocycles. The van der Waals surface area contributed by atoms with Crippen molar-refractivity contribution >= 4 is 11.9 Å². The Balaban J connectivity index is 1.92. The van der Waals surface area contributed by atoms with Gasteiger partial charge in [0.25, 0.3) is 0 Å². The molecule has 0 radical (unpaired) electrons. The van der Waals surface area contributed by atoms with Gasteiger partial charge in [-0.25, -0.2) is 4.98 Å². The van der Waals surface area contributed by atoms with Gasteiger partial charge in [-0.1, -0.05) is 36.4 Å². The van der Waals surface area contributed by atoms with Crippen molar-refractivity contribution in [3.05, 3.63) is 72.2 Å². The van der Waals surface area contributed by atoms with Crippen molar-refractivity contribution in [2.24, 2.45) is 0 Å². The normalized spacial score (nSPS) is 11.7. The highest BCUT2D eigenvalue weighted by atomic mass is 16.1.